The van der Waals surface area contributed by atoms with Gasteiger partial charge in [-0.1, -0.05) is 32.0 Å². The van der Waals surface area contributed by atoms with E-state index in [1.807, 2.05) is 56.3 Å². The largest absolute Gasteiger partial charge is 0.493 e. The number of carbonyl (C=O) groups excluding carboxylic acids is 2. The van der Waals surface area contributed by atoms with Crippen molar-refractivity contribution in [3.63, 3.8) is 0 Å². The molecule has 7 nitrogen and oxygen atoms in total. The number of rotatable bonds is 6. The van der Waals surface area contributed by atoms with E-state index in [1.165, 1.54) is 0 Å². The molecular weight excluding hydrogens is 382 g/mol. The van der Waals surface area contributed by atoms with Crippen molar-refractivity contribution in [3.8, 4) is 11.5 Å². The first kappa shape index (κ1) is 21.5. The molecule has 0 spiro atoms. The second-order valence-corrected chi connectivity index (χ2v) is 7.56. The van der Waals surface area contributed by atoms with Gasteiger partial charge in [0.2, 0.25) is 5.91 Å². The molecule has 160 valence electrons. The molecule has 2 aromatic carbocycles. The molecule has 0 radical (unpaired) electrons. The first-order valence-corrected chi connectivity index (χ1v) is 10.1. The Kier molecular flexibility index (Phi) is 6.82. The van der Waals surface area contributed by atoms with E-state index in [0.29, 0.717) is 31.0 Å². The van der Waals surface area contributed by atoms with Crippen molar-refractivity contribution in [2.75, 3.05) is 32.6 Å². The number of hydrogen-bond donors (Lipinski definition) is 2. The second kappa shape index (κ2) is 9.52. The maximum atomic E-state index is 13.1. The molecule has 30 heavy (non-hydrogen) atoms. The maximum Gasteiger partial charge on any atom is 0.322 e. The number of nitrogens with one attached hydrogen (secondary N) is 2. The minimum absolute atomic E-state index is 0.0500. The standard InChI is InChI=1S/C23H29N3O4/c1-15(2)22(27)24-14-19-18-13-21(30-4)20(29-3)12-16(18)10-11-26(19)23(28)25-17-8-6-5-7-9-17/h5-9,12-13,15,19H,10-11,14H2,1-4H3,(H,24,27)(H,25,28). The predicted octanol–water partition coefficient (Wildman–Crippen LogP) is 3.61. The van der Waals surface area contributed by atoms with E-state index < -0.39 is 0 Å². The number of ether oxygens (including phenoxy) is 2. The Morgan fingerprint density at radius 3 is 2.40 bits per heavy atom. The number of amides is 3. The average molecular weight is 412 g/mol. The molecule has 1 aliphatic heterocycles. The molecule has 7 heteroatoms. The second-order valence-electron chi connectivity index (χ2n) is 7.56. The zero-order chi connectivity index (χ0) is 21.7. The van der Waals surface area contributed by atoms with Crippen molar-refractivity contribution < 1.29 is 19.1 Å². The molecule has 0 fully saturated rings. The number of urea groups is 1. The Hall–Kier alpha value is -3.22. The van der Waals surface area contributed by atoms with Crippen molar-refractivity contribution in [2.24, 2.45) is 5.92 Å². The summed E-state index contributed by atoms with van der Waals surface area (Å²) in [4.78, 5) is 27.1. The van der Waals surface area contributed by atoms with Gasteiger partial charge in [-0.3, -0.25) is 4.79 Å². The molecule has 3 amide bonds. The molecule has 0 aromatic heterocycles. The van der Waals surface area contributed by atoms with Gasteiger partial charge in [0.25, 0.3) is 0 Å². The summed E-state index contributed by atoms with van der Waals surface area (Å²) >= 11 is 0. The van der Waals surface area contributed by atoms with Gasteiger partial charge in [-0.05, 0) is 41.8 Å². The van der Waals surface area contributed by atoms with Crippen LogP contribution in [0.2, 0.25) is 0 Å². The minimum Gasteiger partial charge on any atom is -0.493 e. The van der Waals surface area contributed by atoms with Crippen LogP contribution in [0.3, 0.4) is 0 Å². The summed E-state index contributed by atoms with van der Waals surface area (Å²) in [7, 11) is 3.19. The molecule has 3 rings (SSSR count). The van der Waals surface area contributed by atoms with E-state index in [1.54, 1.807) is 19.1 Å². The monoisotopic (exact) mass is 411 g/mol. The van der Waals surface area contributed by atoms with Crippen molar-refractivity contribution >= 4 is 17.6 Å². The van der Waals surface area contributed by atoms with Crippen LogP contribution in [-0.4, -0.2) is 44.1 Å². The molecule has 0 aliphatic carbocycles. The van der Waals surface area contributed by atoms with Gasteiger partial charge in [0.1, 0.15) is 0 Å². The molecular formula is C23H29N3O4. The Morgan fingerprint density at radius 2 is 1.77 bits per heavy atom. The Morgan fingerprint density at radius 1 is 1.10 bits per heavy atom. The highest BCUT2D eigenvalue weighted by molar-refractivity contribution is 5.90. The van der Waals surface area contributed by atoms with E-state index in [0.717, 1.165) is 16.8 Å². The van der Waals surface area contributed by atoms with Crippen LogP contribution in [0.5, 0.6) is 11.5 Å². The lowest BCUT2D eigenvalue weighted by Gasteiger charge is -2.38. The first-order valence-electron chi connectivity index (χ1n) is 10.1. The van der Waals surface area contributed by atoms with Crippen molar-refractivity contribution in [3.05, 3.63) is 53.6 Å². The molecule has 0 saturated carbocycles. The summed E-state index contributed by atoms with van der Waals surface area (Å²) in [5.41, 5.74) is 2.76. The van der Waals surface area contributed by atoms with Gasteiger partial charge >= 0.3 is 6.03 Å². The third-order valence-electron chi connectivity index (χ3n) is 5.28. The first-order chi connectivity index (χ1) is 14.4. The number of nitrogens with zero attached hydrogens (tertiary/aromatic N) is 1. The number of para-hydroxylation sites is 1. The smallest absolute Gasteiger partial charge is 0.322 e. The van der Waals surface area contributed by atoms with Gasteiger partial charge in [-0.2, -0.15) is 0 Å². The molecule has 1 aliphatic rings. The van der Waals surface area contributed by atoms with E-state index in [4.69, 9.17) is 9.47 Å². The van der Waals surface area contributed by atoms with Gasteiger partial charge in [-0.25, -0.2) is 4.79 Å². The highest BCUT2D eigenvalue weighted by Crippen LogP contribution is 2.38. The van der Waals surface area contributed by atoms with E-state index in [2.05, 4.69) is 10.6 Å². The fraction of sp³-hybridized carbons (Fsp3) is 0.391. The molecule has 2 aromatic rings. The predicted molar refractivity (Wildman–Crippen MR) is 116 cm³/mol. The number of benzene rings is 2. The number of hydrogen-bond acceptors (Lipinski definition) is 4. The van der Waals surface area contributed by atoms with Crippen LogP contribution >= 0.6 is 0 Å². The zero-order valence-electron chi connectivity index (χ0n) is 17.9. The van der Waals surface area contributed by atoms with Gasteiger partial charge < -0.3 is 25.0 Å². The van der Waals surface area contributed by atoms with Gasteiger partial charge in [0, 0.05) is 24.7 Å². The van der Waals surface area contributed by atoms with Gasteiger partial charge in [-0.15, -0.1) is 0 Å². The number of fused-ring (bicyclic) bond motifs is 1. The van der Waals surface area contributed by atoms with Crippen LogP contribution < -0.4 is 20.1 Å². The van der Waals surface area contributed by atoms with Crippen LogP contribution in [0.1, 0.15) is 31.0 Å². The van der Waals surface area contributed by atoms with E-state index in [-0.39, 0.29) is 23.9 Å². The van der Waals surface area contributed by atoms with Crippen LogP contribution in [0.25, 0.3) is 0 Å². The highest BCUT2D eigenvalue weighted by atomic mass is 16.5. The summed E-state index contributed by atoms with van der Waals surface area (Å²) in [6.07, 6.45) is 0.687. The van der Waals surface area contributed by atoms with Crippen molar-refractivity contribution in [1.29, 1.82) is 0 Å². The molecule has 1 unspecified atom stereocenters. The van der Waals surface area contributed by atoms with Crippen LogP contribution in [0, 0.1) is 5.92 Å². The number of anilines is 1. The lowest BCUT2D eigenvalue weighted by Crippen LogP contribution is -2.47. The molecule has 1 heterocycles. The topological polar surface area (TPSA) is 79.9 Å². The fourth-order valence-corrected chi connectivity index (χ4v) is 3.61. The summed E-state index contributed by atoms with van der Waals surface area (Å²) in [6.45, 7) is 4.54. The normalized spacial score (nSPS) is 15.4. The summed E-state index contributed by atoms with van der Waals surface area (Å²) in [5, 5.41) is 5.93. The zero-order valence-corrected chi connectivity index (χ0v) is 17.9. The quantitative estimate of drug-likeness (QED) is 0.761. The average Bonchev–Trinajstić information content (AvgIpc) is 2.76. The molecule has 0 saturated heterocycles. The van der Waals surface area contributed by atoms with Crippen LogP contribution in [-0.2, 0) is 11.2 Å². The van der Waals surface area contributed by atoms with Crippen molar-refractivity contribution in [2.45, 2.75) is 26.3 Å². The fourth-order valence-electron chi connectivity index (χ4n) is 3.61. The summed E-state index contributed by atoms with van der Waals surface area (Å²) < 4.78 is 10.9. The minimum atomic E-state index is -0.319. The van der Waals surface area contributed by atoms with Crippen LogP contribution in [0.4, 0.5) is 10.5 Å². The van der Waals surface area contributed by atoms with Gasteiger partial charge in [0.15, 0.2) is 11.5 Å². The van der Waals surface area contributed by atoms with Crippen molar-refractivity contribution in [1.82, 2.24) is 10.2 Å². The van der Waals surface area contributed by atoms with Gasteiger partial charge in [0.05, 0.1) is 20.3 Å². The lowest BCUT2D eigenvalue weighted by molar-refractivity contribution is -0.124. The van der Waals surface area contributed by atoms with Crippen LogP contribution in [0.15, 0.2) is 42.5 Å². The third kappa shape index (κ3) is 4.67. The maximum absolute atomic E-state index is 13.1. The lowest BCUT2D eigenvalue weighted by atomic mass is 9.91. The SMILES string of the molecule is COc1cc2c(cc1OC)C(CNC(=O)C(C)C)N(C(=O)Nc1ccccc1)CC2. The Bertz CT molecular complexity index is 899. The highest BCUT2D eigenvalue weighted by Gasteiger charge is 2.32. The molecule has 1 atom stereocenters. The molecule has 2 N–H and O–H groups in total. The summed E-state index contributed by atoms with van der Waals surface area (Å²) in [5.74, 6) is 1.07. The molecule has 0 bridgehead atoms. The number of carbonyl (C=O) groups is 2. The number of methoxy groups -OCH3 is 2. The Balaban J connectivity index is 1.92. The third-order valence-corrected chi connectivity index (χ3v) is 5.28. The van der Waals surface area contributed by atoms with E-state index in [9.17, 15) is 9.59 Å². The summed E-state index contributed by atoms with van der Waals surface area (Å²) in [6, 6.07) is 12.7. The Labute approximate surface area is 177 Å². The van der Waals surface area contributed by atoms with E-state index >= 15 is 0 Å².